The van der Waals surface area contributed by atoms with Crippen molar-refractivity contribution < 1.29 is 19.2 Å². The molecule has 2 heterocycles. The maximum atomic E-state index is 12.5. The van der Waals surface area contributed by atoms with E-state index in [4.69, 9.17) is 0 Å². The zero-order valence-corrected chi connectivity index (χ0v) is 12.9. The van der Waals surface area contributed by atoms with Gasteiger partial charge in [-0.05, 0) is 24.6 Å². The molecule has 1 aromatic heterocycles. The van der Waals surface area contributed by atoms with Gasteiger partial charge in [-0.3, -0.25) is 14.4 Å². The number of imide groups is 2. The van der Waals surface area contributed by atoms with Crippen molar-refractivity contribution in [3.63, 3.8) is 0 Å². The van der Waals surface area contributed by atoms with Crippen molar-refractivity contribution in [3.8, 4) is 0 Å². The predicted octanol–water partition coefficient (Wildman–Crippen LogP) is 1.75. The minimum absolute atomic E-state index is 0.276. The summed E-state index contributed by atoms with van der Waals surface area (Å²) in [5, 5.41) is 0. The molecule has 0 saturated carbocycles. The number of nitrogens with one attached hydrogen (secondary N) is 1. The van der Waals surface area contributed by atoms with Gasteiger partial charge in [0.2, 0.25) is 0 Å². The van der Waals surface area contributed by atoms with Gasteiger partial charge in [-0.25, -0.2) is 14.6 Å². The van der Waals surface area contributed by atoms with E-state index in [1.807, 2.05) is 6.07 Å². The van der Waals surface area contributed by atoms with Crippen molar-refractivity contribution in [2.24, 2.45) is 0 Å². The normalized spacial score (nSPS) is 16.0. The van der Waals surface area contributed by atoms with Gasteiger partial charge in [0.1, 0.15) is 0 Å². The number of urea groups is 1. The van der Waals surface area contributed by atoms with Crippen LogP contribution in [-0.4, -0.2) is 45.0 Å². The highest BCUT2D eigenvalue weighted by molar-refractivity contribution is 6.45. The summed E-state index contributed by atoms with van der Waals surface area (Å²) in [6, 6.07) is 10.7. The number of hydrogen-bond donors (Lipinski definition) is 1. The molecule has 0 aliphatic carbocycles. The number of amides is 4. The summed E-state index contributed by atoms with van der Waals surface area (Å²) in [5.74, 6) is -2.35. The molecule has 122 valence electrons. The third-order valence-corrected chi connectivity index (χ3v) is 3.95. The summed E-state index contributed by atoms with van der Waals surface area (Å²) in [4.78, 5) is 53.2. The fraction of sp³-hybridized carbons (Fsp3) is 0.176. The Morgan fingerprint density at radius 3 is 2.38 bits per heavy atom. The van der Waals surface area contributed by atoms with Crippen LogP contribution < -0.4 is 0 Å². The van der Waals surface area contributed by atoms with E-state index in [1.165, 1.54) is 0 Å². The molecule has 1 N–H and O–H groups in total. The zero-order valence-electron chi connectivity index (χ0n) is 12.9. The summed E-state index contributed by atoms with van der Waals surface area (Å²) in [6.07, 6.45) is 1.57. The second-order valence-electron chi connectivity index (χ2n) is 5.44. The molecule has 7 nitrogen and oxygen atoms in total. The highest BCUT2D eigenvalue weighted by atomic mass is 16.2. The van der Waals surface area contributed by atoms with E-state index in [0.29, 0.717) is 4.90 Å². The summed E-state index contributed by atoms with van der Waals surface area (Å²) in [7, 11) is 0. The average Bonchev–Trinajstić information content (AvgIpc) is 3.19. The Morgan fingerprint density at radius 2 is 1.75 bits per heavy atom. The highest BCUT2D eigenvalue weighted by Crippen LogP contribution is 2.26. The lowest BCUT2D eigenvalue weighted by Crippen LogP contribution is -2.37. The number of rotatable bonds is 5. The summed E-state index contributed by atoms with van der Waals surface area (Å²) in [5.41, 5.74) is 1.00. The lowest BCUT2D eigenvalue weighted by molar-refractivity contribution is -0.143. The molecule has 0 bridgehead atoms. The van der Waals surface area contributed by atoms with Crippen LogP contribution in [0.2, 0.25) is 0 Å². The van der Waals surface area contributed by atoms with Gasteiger partial charge in [0.15, 0.2) is 5.78 Å². The van der Waals surface area contributed by atoms with E-state index in [0.717, 1.165) is 10.5 Å². The molecule has 0 radical (unpaired) electrons. The molecule has 1 aromatic carbocycles. The summed E-state index contributed by atoms with van der Waals surface area (Å²) >= 11 is 0. The largest absolute Gasteiger partial charge is 0.359 e. The van der Waals surface area contributed by atoms with Gasteiger partial charge in [-0.1, -0.05) is 30.3 Å². The molecular formula is C17H15N3O4. The van der Waals surface area contributed by atoms with Gasteiger partial charge in [-0.15, -0.1) is 0 Å². The summed E-state index contributed by atoms with van der Waals surface area (Å²) < 4.78 is 0. The quantitative estimate of drug-likeness (QED) is 0.515. The Hall–Kier alpha value is -3.22. The van der Waals surface area contributed by atoms with Crippen molar-refractivity contribution >= 4 is 23.6 Å². The van der Waals surface area contributed by atoms with Crippen LogP contribution in [0.4, 0.5) is 4.79 Å². The van der Waals surface area contributed by atoms with Crippen molar-refractivity contribution in [1.82, 2.24) is 14.8 Å². The number of benzene rings is 1. The third kappa shape index (κ3) is 2.60. The fourth-order valence-electron chi connectivity index (χ4n) is 2.62. The molecule has 1 aliphatic rings. The van der Waals surface area contributed by atoms with Crippen LogP contribution in [0.5, 0.6) is 0 Å². The Balaban J connectivity index is 1.82. The van der Waals surface area contributed by atoms with E-state index in [9.17, 15) is 19.2 Å². The molecule has 4 amide bonds. The molecule has 2 aromatic rings. The van der Waals surface area contributed by atoms with E-state index in [1.54, 1.807) is 49.5 Å². The number of aromatic amines is 1. The predicted molar refractivity (Wildman–Crippen MR) is 83.9 cm³/mol. The van der Waals surface area contributed by atoms with Crippen molar-refractivity contribution in [2.45, 2.75) is 13.0 Å². The van der Waals surface area contributed by atoms with E-state index in [2.05, 4.69) is 4.98 Å². The van der Waals surface area contributed by atoms with E-state index < -0.39 is 36.2 Å². The van der Waals surface area contributed by atoms with Gasteiger partial charge in [-0.2, -0.15) is 0 Å². The van der Waals surface area contributed by atoms with E-state index in [-0.39, 0.29) is 5.69 Å². The molecule has 3 rings (SSSR count). The van der Waals surface area contributed by atoms with Crippen LogP contribution in [0.1, 0.15) is 29.0 Å². The lowest BCUT2D eigenvalue weighted by atomic mass is 10.1. The third-order valence-electron chi connectivity index (χ3n) is 3.95. The number of H-pyrrole nitrogens is 1. The smallest absolute Gasteiger partial charge is 0.335 e. The first kappa shape index (κ1) is 15.7. The van der Waals surface area contributed by atoms with Crippen LogP contribution in [0.15, 0.2) is 48.7 Å². The van der Waals surface area contributed by atoms with Crippen molar-refractivity contribution in [2.75, 3.05) is 6.54 Å². The fourth-order valence-corrected chi connectivity index (χ4v) is 2.62. The highest BCUT2D eigenvalue weighted by Gasteiger charge is 2.47. The van der Waals surface area contributed by atoms with Crippen molar-refractivity contribution in [3.05, 3.63) is 59.9 Å². The van der Waals surface area contributed by atoms with Gasteiger partial charge >= 0.3 is 17.8 Å². The number of aromatic nitrogens is 1. The Morgan fingerprint density at radius 1 is 1.04 bits per heavy atom. The lowest BCUT2D eigenvalue weighted by Gasteiger charge is -2.22. The first-order valence-corrected chi connectivity index (χ1v) is 7.41. The van der Waals surface area contributed by atoms with Gasteiger partial charge in [0, 0.05) is 6.20 Å². The first-order chi connectivity index (χ1) is 11.5. The number of carbonyl (C=O) groups excluding carboxylic acids is 4. The average molecular weight is 325 g/mol. The second kappa shape index (κ2) is 6.11. The summed E-state index contributed by atoms with van der Waals surface area (Å²) in [6.45, 7) is 1.19. The number of nitrogens with zero attached hydrogens (tertiary/aromatic N) is 2. The molecule has 1 unspecified atom stereocenters. The van der Waals surface area contributed by atoms with Crippen molar-refractivity contribution in [1.29, 1.82) is 0 Å². The SMILES string of the molecule is CC(c1ccccc1)N1C(=O)C(=O)N(CC(=O)c2ccc[nH]2)C1=O. The monoisotopic (exact) mass is 325 g/mol. The Kier molecular flexibility index (Phi) is 3.99. The van der Waals surface area contributed by atoms with Crippen LogP contribution in [-0.2, 0) is 9.59 Å². The molecule has 1 saturated heterocycles. The molecule has 24 heavy (non-hydrogen) atoms. The van der Waals surface area contributed by atoms with Crippen LogP contribution >= 0.6 is 0 Å². The van der Waals surface area contributed by atoms with E-state index >= 15 is 0 Å². The van der Waals surface area contributed by atoms with Gasteiger partial charge in [0.25, 0.3) is 0 Å². The maximum Gasteiger partial charge on any atom is 0.335 e. The Bertz CT molecular complexity index is 799. The molecule has 0 spiro atoms. The van der Waals surface area contributed by atoms with Gasteiger partial charge in [0.05, 0.1) is 18.3 Å². The first-order valence-electron chi connectivity index (χ1n) is 7.41. The second-order valence-corrected chi connectivity index (χ2v) is 5.44. The maximum absolute atomic E-state index is 12.5. The van der Waals surface area contributed by atoms with Crippen LogP contribution in [0.25, 0.3) is 0 Å². The van der Waals surface area contributed by atoms with Crippen LogP contribution in [0, 0.1) is 0 Å². The standard InChI is InChI=1S/C17H15N3O4/c1-11(12-6-3-2-4-7-12)20-16(23)15(22)19(17(20)24)10-14(21)13-8-5-9-18-13/h2-9,11,18H,10H2,1H3. The molecule has 1 atom stereocenters. The zero-order chi connectivity index (χ0) is 17.3. The minimum atomic E-state index is -0.984. The number of Topliss-reactive ketones (excluding diaryl/α,β-unsaturated/α-hetero) is 1. The topological polar surface area (TPSA) is 90.6 Å². The Labute approximate surface area is 137 Å². The number of hydrogen-bond acceptors (Lipinski definition) is 4. The molecule has 1 fully saturated rings. The molecule has 1 aliphatic heterocycles. The molecule has 7 heteroatoms. The number of ketones is 1. The molecular weight excluding hydrogens is 310 g/mol. The van der Waals surface area contributed by atoms with Crippen LogP contribution in [0.3, 0.4) is 0 Å². The van der Waals surface area contributed by atoms with Gasteiger partial charge < -0.3 is 4.98 Å². The number of carbonyl (C=O) groups is 4. The minimum Gasteiger partial charge on any atom is -0.359 e.